The molecule has 2 amide bonds. The number of para-hydroxylation sites is 1. The van der Waals surface area contributed by atoms with Crippen LogP contribution in [0.25, 0.3) is 0 Å². The highest BCUT2D eigenvalue weighted by Gasteiger charge is 2.35. The molecule has 0 saturated heterocycles. The molecule has 0 heterocycles. The zero-order valence-electron chi connectivity index (χ0n) is 22.5. The van der Waals surface area contributed by atoms with Crippen molar-refractivity contribution >= 4 is 50.7 Å². The molecule has 0 aromatic heterocycles. The predicted molar refractivity (Wildman–Crippen MR) is 156 cm³/mol. The maximum atomic E-state index is 15.0. The Hall–Kier alpha value is -3.14. The van der Waals surface area contributed by atoms with Gasteiger partial charge in [0.25, 0.3) is 10.0 Å². The summed E-state index contributed by atoms with van der Waals surface area (Å²) in [5, 5.41) is 3.46. The molecule has 2 atom stereocenters. The topological polar surface area (TPSA) is 86.8 Å². The van der Waals surface area contributed by atoms with E-state index in [4.69, 9.17) is 23.2 Å². The fraction of sp³-hybridized carbons (Fsp3) is 0.310. The lowest BCUT2D eigenvalue weighted by Crippen LogP contribution is -2.53. The Bertz CT molecular complexity index is 1420. The molecule has 3 rings (SSSR count). The van der Waals surface area contributed by atoms with Crippen molar-refractivity contribution in [2.24, 2.45) is 0 Å². The van der Waals surface area contributed by atoms with E-state index in [-0.39, 0.29) is 39.6 Å². The van der Waals surface area contributed by atoms with Gasteiger partial charge in [0.15, 0.2) is 0 Å². The predicted octanol–water partition coefficient (Wildman–Crippen LogP) is 6.05. The number of rotatable bonds is 12. The number of benzene rings is 3. The molecule has 40 heavy (non-hydrogen) atoms. The van der Waals surface area contributed by atoms with Crippen LogP contribution in [-0.4, -0.2) is 43.8 Å². The number of nitrogens with zero attached hydrogens (tertiary/aromatic N) is 2. The summed E-state index contributed by atoms with van der Waals surface area (Å²) >= 11 is 12.8. The van der Waals surface area contributed by atoms with Gasteiger partial charge < -0.3 is 10.2 Å². The Morgan fingerprint density at radius 2 is 1.50 bits per heavy atom. The van der Waals surface area contributed by atoms with Crippen LogP contribution in [-0.2, 0) is 26.2 Å². The number of anilines is 1. The van der Waals surface area contributed by atoms with Crippen LogP contribution in [0.3, 0.4) is 0 Å². The minimum Gasteiger partial charge on any atom is -0.352 e. The first-order valence-corrected chi connectivity index (χ1v) is 15.1. The van der Waals surface area contributed by atoms with Gasteiger partial charge in [-0.3, -0.25) is 13.9 Å². The third kappa shape index (κ3) is 7.33. The Kier molecular flexibility index (Phi) is 11.0. The van der Waals surface area contributed by atoms with Crippen LogP contribution in [0.2, 0.25) is 10.0 Å². The third-order valence-corrected chi connectivity index (χ3v) is 8.99. The van der Waals surface area contributed by atoms with Crippen LogP contribution in [0, 0.1) is 5.82 Å². The molecule has 0 bridgehead atoms. The first-order chi connectivity index (χ1) is 19.0. The average molecular weight is 609 g/mol. The lowest BCUT2D eigenvalue weighted by Gasteiger charge is -2.34. The molecular weight excluding hydrogens is 576 g/mol. The van der Waals surface area contributed by atoms with Gasteiger partial charge in [0.1, 0.15) is 18.4 Å². The van der Waals surface area contributed by atoms with Crippen LogP contribution < -0.4 is 9.62 Å². The number of halogens is 3. The van der Waals surface area contributed by atoms with Crippen LogP contribution in [0.15, 0.2) is 77.7 Å². The van der Waals surface area contributed by atoms with Gasteiger partial charge in [-0.25, -0.2) is 12.8 Å². The highest BCUT2D eigenvalue weighted by molar-refractivity contribution is 7.92. The SMILES string of the molecule is CC[C@H](C(=O)N[C@@H](C)CC)N(Cc1c(Cl)cccc1Cl)C(=O)CN(c1ccccc1F)S(=O)(=O)c1ccccc1. The Balaban J connectivity index is 2.10. The van der Waals surface area contributed by atoms with Crippen LogP contribution >= 0.6 is 23.2 Å². The molecule has 214 valence electrons. The lowest BCUT2D eigenvalue weighted by molar-refractivity contribution is -0.140. The molecule has 0 aliphatic heterocycles. The van der Waals surface area contributed by atoms with E-state index in [2.05, 4.69) is 5.32 Å². The molecule has 0 aliphatic rings. The number of hydrogen-bond acceptors (Lipinski definition) is 4. The molecule has 7 nitrogen and oxygen atoms in total. The molecule has 1 N–H and O–H groups in total. The molecule has 0 spiro atoms. The van der Waals surface area contributed by atoms with Gasteiger partial charge in [0.05, 0.1) is 10.6 Å². The molecule has 0 aliphatic carbocycles. The van der Waals surface area contributed by atoms with Gasteiger partial charge in [-0.15, -0.1) is 0 Å². The number of amides is 2. The van der Waals surface area contributed by atoms with E-state index < -0.39 is 40.2 Å². The fourth-order valence-corrected chi connectivity index (χ4v) is 6.06. The normalized spacial score (nSPS) is 12.8. The Morgan fingerprint density at radius 1 is 0.900 bits per heavy atom. The summed E-state index contributed by atoms with van der Waals surface area (Å²) < 4.78 is 43.2. The number of hydrogen-bond donors (Lipinski definition) is 1. The summed E-state index contributed by atoms with van der Waals surface area (Å²) in [4.78, 5) is 28.5. The van der Waals surface area contributed by atoms with Gasteiger partial charge in [0.2, 0.25) is 11.8 Å². The Labute approximate surface area is 244 Å². The van der Waals surface area contributed by atoms with E-state index in [1.807, 2.05) is 13.8 Å². The number of carbonyl (C=O) groups excluding carboxylic acids is 2. The van der Waals surface area contributed by atoms with Gasteiger partial charge >= 0.3 is 0 Å². The highest BCUT2D eigenvalue weighted by atomic mass is 35.5. The maximum absolute atomic E-state index is 15.0. The van der Waals surface area contributed by atoms with Crippen LogP contribution in [0.5, 0.6) is 0 Å². The summed E-state index contributed by atoms with van der Waals surface area (Å²) in [5.41, 5.74) is 0.102. The van der Waals surface area contributed by atoms with Crippen molar-refractivity contribution in [3.05, 3.63) is 94.2 Å². The monoisotopic (exact) mass is 607 g/mol. The molecule has 0 unspecified atom stereocenters. The molecule has 3 aromatic carbocycles. The maximum Gasteiger partial charge on any atom is 0.264 e. The summed E-state index contributed by atoms with van der Waals surface area (Å²) in [6.07, 6.45) is 0.893. The third-order valence-electron chi connectivity index (χ3n) is 6.51. The second kappa shape index (κ2) is 14.0. The second-order valence-corrected chi connectivity index (χ2v) is 11.9. The van der Waals surface area contributed by atoms with Gasteiger partial charge in [-0.05, 0) is 56.2 Å². The number of carbonyl (C=O) groups is 2. The van der Waals surface area contributed by atoms with E-state index in [1.54, 1.807) is 31.2 Å². The Morgan fingerprint density at radius 3 is 2.08 bits per heavy atom. The average Bonchev–Trinajstić information content (AvgIpc) is 2.93. The van der Waals surface area contributed by atoms with Crippen molar-refractivity contribution in [2.45, 2.75) is 57.1 Å². The summed E-state index contributed by atoms with van der Waals surface area (Å²) in [6.45, 7) is 4.56. The lowest BCUT2D eigenvalue weighted by atomic mass is 10.1. The fourth-order valence-electron chi connectivity index (χ4n) is 4.10. The largest absolute Gasteiger partial charge is 0.352 e. The quantitative estimate of drug-likeness (QED) is 0.271. The summed E-state index contributed by atoms with van der Waals surface area (Å²) in [7, 11) is -4.38. The standard InChI is InChI=1S/C29H32Cl2FN3O4S/c1-4-20(3)33-29(37)26(5-2)34(18-22-23(30)14-11-15-24(22)31)28(36)19-35(27-17-10-9-16-25(27)32)40(38,39)21-12-7-6-8-13-21/h6-17,20,26H,4-5,18-19H2,1-3H3,(H,33,37)/t20-,26+/m0/s1. The van der Waals surface area contributed by atoms with E-state index in [0.717, 1.165) is 10.4 Å². The van der Waals surface area contributed by atoms with Crippen molar-refractivity contribution in [1.29, 1.82) is 0 Å². The first-order valence-electron chi connectivity index (χ1n) is 12.9. The van der Waals surface area contributed by atoms with Crippen molar-refractivity contribution < 1.29 is 22.4 Å². The number of sulfonamides is 1. The molecule has 0 radical (unpaired) electrons. The van der Waals surface area contributed by atoms with Crippen molar-refractivity contribution in [2.75, 3.05) is 10.8 Å². The van der Waals surface area contributed by atoms with Crippen molar-refractivity contribution in [3.8, 4) is 0 Å². The van der Waals surface area contributed by atoms with Crippen LogP contribution in [0.4, 0.5) is 10.1 Å². The van der Waals surface area contributed by atoms with Gasteiger partial charge in [-0.2, -0.15) is 0 Å². The molecule has 3 aromatic rings. The van der Waals surface area contributed by atoms with Gasteiger partial charge in [-0.1, -0.05) is 73.4 Å². The molecule has 11 heteroatoms. The minimum atomic E-state index is -4.38. The smallest absolute Gasteiger partial charge is 0.264 e. The van der Waals surface area contributed by atoms with Gasteiger partial charge in [0, 0.05) is 28.2 Å². The van der Waals surface area contributed by atoms with E-state index >= 15 is 0 Å². The van der Waals surface area contributed by atoms with Crippen molar-refractivity contribution in [3.63, 3.8) is 0 Å². The molecule has 0 saturated carbocycles. The molecule has 0 fully saturated rings. The zero-order valence-corrected chi connectivity index (χ0v) is 24.8. The highest BCUT2D eigenvalue weighted by Crippen LogP contribution is 2.29. The van der Waals surface area contributed by atoms with Crippen LogP contribution in [0.1, 0.15) is 39.2 Å². The zero-order chi connectivity index (χ0) is 29.4. The van der Waals surface area contributed by atoms with E-state index in [9.17, 15) is 22.4 Å². The minimum absolute atomic E-state index is 0.117. The van der Waals surface area contributed by atoms with Crippen molar-refractivity contribution in [1.82, 2.24) is 10.2 Å². The molecular formula is C29H32Cl2FN3O4S. The second-order valence-electron chi connectivity index (χ2n) is 9.24. The first kappa shape index (κ1) is 31.4. The van der Waals surface area contributed by atoms with E-state index in [1.165, 1.54) is 47.4 Å². The van der Waals surface area contributed by atoms with E-state index in [0.29, 0.717) is 12.0 Å². The summed E-state index contributed by atoms with van der Waals surface area (Å²) in [5.74, 6) is -1.96. The summed E-state index contributed by atoms with van der Waals surface area (Å²) in [6, 6.07) is 16.5. The number of nitrogens with one attached hydrogen (secondary N) is 1.